The third kappa shape index (κ3) is 6.92. The summed E-state index contributed by atoms with van der Waals surface area (Å²) in [5, 5.41) is 23.5. The first-order valence-corrected chi connectivity index (χ1v) is 19.4. The molecule has 260 valence electrons. The van der Waals surface area contributed by atoms with E-state index >= 15 is 0 Å². The third-order valence-electron chi connectivity index (χ3n) is 10.1. The van der Waals surface area contributed by atoms with Crippen LogP contribution in [0.15, 0.2) is 76.5 Å². The maximum absolute atomic E-state index is 13.8. The smallest absolute Gasteiger partial charge is 0.243 e. The molecule has 3 aliphatic rings. The van der Waals surface area contributed by atoms with E-state index in [-0.39, 0.29) is 24.1 Å². The minimum Gasteiger partial charge on any atom is -0.491 e. The van der Waals surface area contributed by atoms with E-state index in [1.54, 1.807) is 28.6 Å². The van der Waals surface area contributed by atoms with E-state index in [0.29, 0.717) is 74.6 Å². The second-order valence-electron chi connectivity index (χ2n) is 13.3. The summed E-state index contributed by atoms with van der Waals surface area (Å²) in [5.41, 5.74) is 8.86. The zero-order chi connectivity index (χ0) is 34.2. The highest BCUT2D eigenvalue weighted by molar-refractivity contribution is 7.93. The molecule has 2 heterocycles. The molecule has 2 saturated heterocycles. The zero-order valence-corrected chi connectivity index (χ0v) is 28.8. The molecule has 0 bridgehead atoms. The van der Waals surface area contributed by atoms with Crippen LogP contribution in [0.5, 0.6) is 5.75 Å². The van der Waals surface area contributed by atoms with Crippen molar-refractivity contribution in [3.63, 3.8) is 0 Å². The Labute approximate surface area is 283 Å². The Morgan fingerprint density at radius 3 is 2.40 bits per heavy atom. The van der Waals surface area contributed by atoms with Gasteiger partial charge in [0.05, 0.1) is 33.4 Å². The molecule has 3 fully saturated rings. The maximum atomic E-state index is 13.8. The average Bonchev–Trinajstić information content (AvgIpc) is 3.83. The van der Waals surface area contributed by atoms with Crippen LogP contribution < -0.4 is 15.8 Å². The van der Waals surface area contributed by atoms with Crippen LogP contribution in [0.4, 0.5) is 0 Å². The predicted molar refractivity (Wildman–Crippen MR) is 182 cm³/mol. The fourth-order valence-corrected chi connectivity index (χ4v) is 10.3. The van der Waals surface area contributed by atoms with Crippen molar-refractivity contribution in [2.24, 2.45) is 5.73 Å². The van der Waals surface area contributed by atoms with Crippen molar-refractivity contribution in [3.05, 3.63) is 77.9 Å². The number of piperidine rings is 1. The molecular weight excluding hydrogens is 655 g/mol. The molecular formula is C35H45N3O8S2. The molecule has 0 amide bonds. The van der Waals surface area contributed by atoms with E-state index < -0.39 is 42.9 Å². The second-order valence-corrected chi connectivity index (χ2v) is 17.6. The lowest BCUT2D eigenvalue weighted by Gasteiger charge is -2.38. The number of nitrogens with two attached hydrogens (primary N) is 1. The Kier molecular flexibility index (Phi) is 10.0. The van der Waals surface area contributed by atoms with Gasteiger partial charge in [0.15, 0.2) is 9.84 Å². The van der Waals surface area contributed by atoms with Gasteiger partial charge in [-0.05, 0) is 85.5 Å². The fourth-order valence-electron chi connectivity index (χ4n) is 6.81. The summed E-state index contributed by atoms with van der Waals surface area (Å²) >= 11 is 0. The molecule has 1 aliphatic carbocycles. The van der Waals surface area contributed by atoms with E-state index in [2.05, 4.69) is 5.32 Å². The minimum absolute atomic E-state index is 0.00548. The summed E-state index contributed by atoms with van der Waals surface area (Å²) in [6.45, 7) is 3.27. The van der Waals surface area contributed by atoms with Gasteiger partial charge in [-0.3, -0.25) is 0 Å². The number of hydrogen-bond acceptors (Lipinski definition) is 10. The number of hydrogen-bond donors (Lipinski definition) is 4. The Hall–Kier alpha value is -2.88. The molecule has 1 saturated carbocycles. The zero-order valence-electron chi connectivity index (χ0n) is 27.2. The van der Waals surface area contributed by atoms with Crippen molar-refractivity contribution in [2.75, 3.05) is 39.5 Å². The van der Waals surface area contributed by atoms with Crippen molar-refractivity contribution >= 4 is 19.9 Å². The van der Waals surface area contributed by atoms with Crippen LogP contribution >= 0.6 is 0 Å². The quantitative estimate of drug-likeness (QED) is 0.208. The minimum atomic E-state index is -3.71. The third-order valence-corrected chi connectivity index (χ3v) is 14.7. The van der Waals surface area contributed by atoms with Gasteiger partial charge in [0, 0.05) is 32.2 Å². The number of aliphatic hydroxyl groups is 2. The summed E-state index contributed by atoms with van der Waals surface area (Å²) in [7, 11) is -7.39. The van der Waals surface area contributed by atoms with E-state index in [1.807, 2.05) is 37.3 Å². The Morgan fingerprint density at radius 1 is 1.02 bits per heavy atom. The summed E-state index contributed by atoms with van der Waals surface area (Å²) in [5.74, 6) is 0.330. The molecule has 0 radical (unpaired) electrons. The van der Waals surface area contributed by atoms with Crippen molar-refractivity contribution in [1.29, 1.82) is 0 Å². The lowest BCUT2D eigenvalue weighted by molar-refractivity contribution is -0.0312. The lowest BCUT2D eigenvalue weighted by Crippen LogP contribution is -2.47. The highest BCUT2D eigenvalue weighted by Gasteiger charge is 2.54. The first-order chi connectivity index (χ1) is 22.9. The number of nitrogens with one attached hydrogen (secondary N) is 1. The van der Waals surface area contributed by atoms with Gasteiger partial charge >= 0.3 is 0 Å². The molecule has 0 aromatic heterocycles. The van der Waals surface area contributed by atoms with Crippen molar-refractivity contribution in [2.45, 2.75) is 77.9 Å². The summed E-state index contributed by atoms with van der Waals surface area (Å²) in [4.78, 5) is 0.413. The Balaban J connectivity index is 0.991. The van der Waals surface area contributed by atoms with Crippen molar-refractivity contribution in [3.8, 4) is 16.9 Å². The van der Waals surface area contributed by atoms with Gasteiger partial charge in [-0.2, -0.15) is 4.31 Å². The van der Waals surface area contributed by atoms with E-state index in [1.165, 1.54) is 12.1 Å². The van der Waals surface area contributed by atoms with Crippen LogP contribution in [0.1, 0.15) is 43.2 Å². The SMILES string of the molecule is Cc1c(-c2ccc(CN)cc2)cccc1S(=O)(=O)N1CCC2(CC1)C[C@@H](NCC(O)COc1cccc(S(=O)(=O)C3(CO)CC3)c1)CO2. The number of rotatable bonds is 13. The molecule has 2 aliphatic heterocycles. The van der Waals surface area contributed by atoms with Crippen LogP contribution in [0.2, 0.25) is 0 Å². The number of sulfone groups is 1. The first-order valence-electron chi connectivity index (χ1n) is 16.4. The van der Waals surface area contributed by atoms with Gasteiger partial charge < -0.3 is 30.7 Å². The number of aliphatic hydroxyl groups excluding tert-OH is 2. The van der Waals surface area contributed by atoms with Crippen LogP contribution in [0.25, 0.3) is 11.1 Å². The number of nitrogens with zero attached hydrogens (tertiary/aromatic N) is 1. The summed E-state index contributed by atoms with van der Waals surface area (Å²) < 4.78 is 65.9. The number of sulfonamides is 1. The van der Waals surface area contributed by atoms with Crippen LogP contribution in [0.3, 0.4) is 0 Å². The molecule has 1 spiro atoms. The normalized spacial score (nSPS) is 21.3. The number of benzene rings is 3. The molecule has 2 atom stereocenters. The summed E-state index contributed by atoms with van der Waals surface area (Å²) in [6, 6.07) is 19.4. The van der Waals surface area contributed by atoms with Gasteiger partial charge in [-0.1, -0.05) is 42.5 Å². The molecule has 5 N–H and O–H groups in total. The van der Waals surface area contributed by atoms with Gasteiger partial charge in [0.25, 0.3) is 0 Å². The lowest BCUT2D eigenvalue weighted by atomic mass is 9.88. The molecule has 3 aromatic rings. The maximum Gasteiger partial charge on any atom is 0.243 e. The molecule has 48 heavy (non-hydrogen) atoms. The first kappa shape index (κ1) is 35.0. The average molecular weight is 700 g/mol. The van der Waals surface area contributed by atoms with Gasteiger partial charge in [0.1, 0.15) is 18.5 Å². The predicted octanol–water partition coefficient (Wildman–Crippen LogP) is 2.76. The van der Waals surface area contributed by atoms with Crippen molar-refractivity contribution < 1.29 is 36.5 Å². The molecule has 6 rings (SSSR count). The second kappa shape index (κ2) is 13.8. The van der Waals surface area contributed by atoms with Crippen LogP contribution in [0, 0.1) is 6.92 Å². The molecule has 1 unspecified atom stereocenters. The van der Waals surface area contributed by atoms with Gasteiger partial charge in [-0.15, -0.1) is 0 Å². The van der Waals surface area contributed by atoms with Gasteiger partial charge in [-0.25, -0.2) is 16.8 Å². The monoisotopic (exact) mass is 699 g/mol. The van der Waals surface area contributed by atoms with Crippen LogP contribution in [-0.2, 0) is 31.1 Å². The standard InChI is InChI=1S/C35H45N3O8S2/c1-25-32(27-10-8-26(20-36)9-11-27)6-3-7-33(25)48(43,44)38-16-14-34(15-17-38)19-28(22-46-34)37-21-29(40)23-45-30-4-2-5-31(18-30)47(41,42)35(24-39)12-13-35/h2-11,18,28-29,37,39-40H,12-17,19-24,36H2,1H3/t28-,29?/m1/s1. The Bertz CT molecular complexity index is 1820. The highest BCUT2D eigenvalue weighted by Crippen LogP contribution is 2.46. The van der Waals surface area contributed by atoms with Crippen LogP contribution in [-0.4, -0.2) is 93.3 Å². The Morgan fingerprint density at radius 2 is 1.73 bits per heavy atom. The van der Waals surface area contributed by atoms with Crippen molar-refractivity contribution in [1.82, 2.24) is 9.62 Å². The summed E-state index contributed by atoms with van der Waals surface area (Å²) in [6.07, 6.45) is 1.88. The number of ether oxygens (including phenoxy) is 2. The fraction of sp³-hybridized carbons (Fsp3) is 0.486. The van der Waals surface area contributed by atoms with E-state index in [4.69, 9.17) is 15.2 Å². The van der Waals surface area contributed by atoms with E-state index in [9.17, 15) is 27.0 Å². The van der Waals surface area contributed by atoms with E-state index in [0.717, 1.165) is 16.7 Å². The van der Waals surface area contributed by atoms with Gasteiger partial charge in [0.2, 0.25) is 10.0 Å². The molecule has 13 heteroatoms. The topological polar surface area (TPSA) is 168 Å². The molecule has 11 nitrogen and oxygen atoms in total. The highest BCUT2D eigenvalue weighted by atomic mass is 32.2. The largest absolute Gasteiger partial charge is 0.491 e. The molecule has 3 aromatic carbocycles.